The number of nitrogens with two attached hydrogens (primary N) is 1. The van der Waals surface area contributed by atoms with Gasteiger partial charge in [-0.2, -0.15) is 15.0 Å². The van der Waals surface area contributed by atoms with Gasteiger partial charge in [0.25, 0.3) is 0 Å². The Bertz CT molecular complexity index is 471. The molecule has 110 valence electrons. The van der Waals surface area contributed by atoms with Crippen molar-refractivity contribution in [3.05, 3.63) is 0 Å². The summed E-state index contributed by atoms with van der Waals surface area (Å²) in [7, 11) is 0. The number of morpholine rings is 1. The van der Waals surface area contributed by atoms with Crippen molar-refractivity contribution in [2.24, 2.45) is 11.3 Å². The fourth-order valence-electron chi connectivity index (χ4n) is 2.10. The molecule has 0 bridgehead atoms. The first-order valence-corrected chi connectivity index (χ1v) is 6.98. The number of aromatic nitrogens is 3. The van der Waals surface area contributed by atoms with E-state index >= 15 is 0 Å². The van der Waals surface area contributed by atoms with Crippen LogP contribution in [0, 0.1) is 5.41 Å². The third-order valence-electron chi connectivity index (χ3n) is 3.82. The quantitative estimate of drug-likeness (QED) is 0.519. The van der Waals surface area contributed by atoms with E-state index in [0.717, 1.165) is 19.6 Å². The number of nitrogens with zero attached hydrogens (tertiary/aromatic N) is 4. The lowest BCUT2D eigenvalue weighted by atomic mass is 10.1. The predicted molar refractivity (Wildman–Crippen MR) is 76.5 cm³/mol. The first-order chi connectivity index (χ1) is 9.68. The number of rotatable bonds is 5. The van der Waals surface area contributed by atoms with Crippen molar-refractivity contribution in [3.63, 3.8) is 0 Å². The minimum absolute atomic E-state index is 0.380. The molecule has 8 heteroatoms. The average Bonchev–Trinajstić information content (AvgIpc) is 3.24. The third kappa shape index (κ3) is 3.07. The summed E-state index contributed by atoms with van der Waals surface area (Å²) in [5.41, 5.74) is 2.89. The molecule has 20 heavy (non-hydrogen) atoms. The number of anilines is 3. The van der Waals surface area contributed by atoms with Crippen LogP contribution >= 0.6 is 0 Å². The van der Waals surface area contributed by atoms with Crippen molar-refractivity contribution in [1.82, 2.24) is 15.0 Å². The van der Waals surface area contributed by atoms with Gasteiger partial charge in [0.2, 0.25) is 17.8 Å². The number of hydrogen-bond donors (Lipinski definition) is 3. The van der Waals surface area contributed by atoms with Gasteiger partial charge in [-0.25, -0.2) is 5.84 Å². The topological polar surface area (TPSA) is 101 Å². The second kappa shape index (κ2) is 5.37. The van der Waals surface area contributed by atoms with E-state index in [2.05, 4.69) is 37.5 Å². The van der Waals surface area contributed by atoms with Gasteiger partial charge in [0.1, 0.15) is 0 Å². The molecule has 1 saturated heterocycles. The molecule has 1 aromatic heterocycles. The van der Waals surface area contributed by atoms with Crippen molar-refractivity contribution in [1.29, 1.82) is 0 Å². The van der Waals surface area contributed by atoms with Crippen molar-refractivity contribution < 1.29 is 4.74 Å². The van der Waals surface area contributed by atoms with Gasteiger partial charge in [-0.3, -0.25) is 5.43 Å². The molecular weight excluding hydrogens is 258 g/mol. The molecule has 1 aliphatic heterocycles. The minimum atomic E-state index is 0.380. The van der Waals surface area contributed by atoms with Crippen LogP contribution in [0.2, 0.25) is 0 Å². The Morgan fingerprint density at radius 3 is 2.55 bits per heavy atom. The fourth-order valence-corrected chi connectivity index (χ4v) is 2.10. The van der Waals surface area contributed by atoms with E-state index in [1.807, 2.05) is 0 Å². The summed E-state index contributed by atoms with van der Waals surface area (Å²) in [5, 5.41) is 3.29. The highest BCUT2D eigenvalue weighted by atomic mass is 16.5. The highest BCUT2D eigenvalue weighted by Gasteiger charge is 2.37. The molecule has 1 aliphatic carbocycles. The van der Waals surface area contributed by atoms with Crippen molar-refractivity contribution >= 4 is 17.8 Å². The summed E-state index contributed by atoms with van der Waals surface area (Å²) < 4.78 is 5.34. The van der Waals surface area contributed by atoms with Crippen LogP contribution < -0.4 is 21.5 Å². The monoisotopic (exact) mass is 279 g/mol. The molecule has 0 amide bonds. The molecule has 8 nitrogen and oxygen atoms in total. The van der Waals surface area contributed by atoms with Crippen LogP contribution in [0.3, 0.4) is 0 Å². The maximum Gasteiger partial charge on any atom is 0.243 e. The normalized spacial score (nSPS) is 20.6. The maximum atomic E-state index is 5.44. The van der Waals surface area contributed by atoms with Crippen LogP contribution in [-0.4, -0.2) is 47.8 Å². The average molecular weight is 279 g/mol. The van der Waals surface area contributed by atoms with E-state index in [-0.39, 0.29) is 0 Å². The van der Waals surface area contributed by atoms with Crippen LogP contribution in [0.5, 0.6) is 0 Å². The lowest BCUT2D eigenvalue weighted by Gasteiger charge is -2.27. The zero-order valence-corrected chi connectivity index (χ0v) is 11.7. The fraction of sp³-hybridized carbons (Fsp3) is 0.750. The van der Waals surface area contributed by atoms with Crippen molar-refractivity contribution in [2.75, 3.05) is 48.5 Å². The molecule has 2 heterocycles. The number of nitrogens with one attached hydrogen (secondary N) is 2. The first-order valence-electron chi connectivity index (χ1n) is 6.98. The zero-order valence-electron chi connectivity index (χ0n) is 11.7. The molecule has 1 saturated carbocycles. The number of nitrogen functional groups attached to an aromatic ring is 1. The van der Waals surface area contributed by atoms with Crippen LogP contribution in [0.25, 0.3) is 0 Å². The lowest BCUT2D eigenvalue weighted by Crippen LogP contribution is -2.37. The van der Waals surface area contributed by atoms with Gasteiger partial charge in [-0.05, 0) is 18.3 Å². The Morgan fingerprint density at radius 1 is 1.20 bits per heavy atom. The molecule has 0 radical (unpaired) electrons. The maximum absolute atomic E-state index is 5.44. The summed E-state index contributed by atoms with van der Waals surface area (Å²) in [4.78, 5) is 15.1. The number of hydrogen-bond acceptors (Lipinski definition) is 8. The highest BCUT2D eigenvalue weighted by Crippen LogP contribution is 2.44. The number of ether oxygens (including phenoxy) is 1. The van der Waals surface area contributed by atoms with Crippen LogP contribution in [0.4, 0.5) is 17.8 Å². The summed E-state index contributed by atoms with van der Waals surface area (Å²) in [6, 6.07) is 0. The van der Waals surface area contributed by atoms with Gasteiger partial charge in [0.05, 0.1) is 13.2 Å². The molecule has 0 aromatic carbocycles. The Hall–Kier alpha value is -1.67. The Morgan fingerprint density at radius 2 is 1.90 bits per heavy atom. The van der Waals surface area contributed by atoms with Gasteiger partial charge >= 0.3 is 0 Å². The van der Waals surface area contributed by atoms with E-state index in [9.17, 15) is 0 Å². The van der Waals surface area contributed by atoms with E-state index in [1.165, 1.54) is 12.8 Å². The molecule has 0 unspecified atom stereocenters. The standard InChI is InChI=1S/C12H21N7O/c1-12(2-3-12)8-14-9-15-10(18-13)17-11(16-9)19-4-6-20-7-5-19/h2-8,13H2,1H3,(H2,14,15,16,17,18). The summed E-state index contributed by atoms with van der Waals surface area (Å²) >= 11 is 0. The van der Waals surface area contributed by atoms with Crippen molar-refractivity contribution in [2.45, 2.75) is 19.8 Å². The van der Waals surface area contributed by atoms with Crippen LogP contribution in [0.1, 0.15) is 19.8 Å². The molecule has 1 aromatic rings. The van der Waals surface area contributed by atoms with E-state index < -0.39 is 0 Å². The Kier molecular flexibility index (Phi) is 3.58. The molecule has 2 fully saturated rings. The van der Waals surface area contributed by atoms with Crippen molar-refractivity contribution in [3.8, 4) is 0 Å². The third-order valence-corrected chi connectivity index (χ3v) is 3.82. The van der Waals surface area contributed by atoms with Crippen LogP contribution in [-0.2, 0) is 4.74 Å². The van der Waals surface area contributed by atoms with Gasteiger partial charge in [0, 0.05) is 19.6 Å². The van der Waals surface area contributed by atoms with E-state index in [4.69, 9.17) is 10.6 Å². The molecule has 4 N–H and O–H groups in total. The first kappa shape index (κ1) is 13.3. The molecule has 0 spiro atoms. The van der Waals surface area contributed by atoms with Gasteiger partial charge in [-0.1, -0.05) is 6.92 Å². The second-order valence-electron chi connectivity index (χ2n) is 5.69. The summed E-state index contributed by atoms with van der Waals surface area (Å²) in [6.07, 6.45) is 2.51. The van der Waals surface area contributed by atoms with Gasteiger partial charge in [0.15, 0.2) is 0 Å². The summed E-state index contributed by atoms with van der Waals surface area (Å²) in [5.74, 6) is 7.03. The molecular formula is C12H21N7O. The SMILES string of the molecule is CC1(CNc2nc(NN)nc(N3CCOCC3)n2)CC1. The largest absolute Gasteiger partial charge is 0.378 e. The zero-order chi connectivity index (χ0) is 14.0. The van der Waals surface area contributed by atoms with Crippen LogP contribution in [0.15, 0.2) is 0 Å². The smallest absolute Gasteiger partial charge is 0.243 e. The number of hydrazine groups is 1. The molecule has 3 rings (SSSR count). The second-order valence-corrected chi connectivity index (χ2v) is 5.69. The highest BCUT2D eigenvalue weighted by molar-refractivity contribution is 5.43. The van der Waals surface area contributed by atoms with E-state index in [0.29, 0.717) is 36.5 Å². The van der Waals surface area contributed by atoms with E-state index in [1.54, 1.807) is 0 Å². The molecule has 0 atom stereocenters. The van der Waals surface area contributed by atoms with Gasteiger partial charge < -0.3 is 15.0 Å². The predicted octanol–water partition coefficient (Wildman–Crippen LogP) is 0.206. The minimum Gasteiger partial charge on any atom is -0.378 e. The molecule has 2 aliphatic rings. The Labute approximate surface area is 118 Å². The van der Waals surface area contributed by atoms with Gasteiger partial charge in [-0.15, -0.1) is 0 Å². The Balaban J connectivity index is 1.74. The summed E-state index contributed by atoms with van der Waals surface area (Å²) in [6.45, 7) is 6.09. The lowest BCUT2D eigenvalue weighted by molar-refractivity contribution is 0.122.